The van der Waals surface area contributed by atoms with E-state index < -0.39 is 11.6 Å². The lowest BCUT2D eigenvalue weighted by atomic mass is 10.3. The molecule has 1 aromatic carbocycles. The smallest absolute Gasteiger partial charge is 0.238 e. The van der Waals surface area contributed by atoms with Gasteiger partial charge in [-0.3, -0.25) is 9.69 Å². The molecule has 0 radical (unpaired) electrons. The molecule has 0 saturated heterocycles. The number of thiophene rings is 1. The minimum Gasteiger partial charge on any atom is -0.322 e. The van der Waals surface area contributed by atoms with Gasteiger partial charge < -0.3 is 5.32 Å². The molecule has 1 heterocycles. The lowest BCUT2D eigenvalue weighted by molar-refractivity contribution is -0.117. The number of benzene rings is 1. The van der Waals surface area contributed by atoms with Gasteiger partial charge in [-0.25, -0.2) is 8.78 Å². The zero-order valence-electron chi connectivity index (χ0n) is 11.6. The Balaban J connectivity index is 1.95. The highest BCUT2D eigenvalue weighted by atomic mass is 32.1. The molecule has 0 aliphatic rings. The number of nitrogens with one attached hydrogen (secondary N) is 1. The molecule has 1 amide bonds. The molecule has 2 rings (SSSR count). The van der Waals surface area contributed by atoms with Crippen LogP contribution in [-0.4, -0.2) is 23.9 Å². The number of amides is 1. The third kappa shape index (κ3) is 4.61. The number of likely N-dealkylation sites (N-methyl/N-ethyl adjacent to an activating group) is 1. The summed E-state index contributed by atoms with van der Waals surface area (Å²) in [5, 5.41) is 4.38. The first-order chi connectivity index (χ1) is 10.1. The fraction of sp³-hybridized carbons (Fsp3) is 0.267. The number of hydrogen-bond donors (Lipinski definition) is 1. The Morgan fingerprint density at radius 2 is 2.14 bits per heavy atom. The SMILES string of the molecule is CCN(CC(=O)Nc1cc(F)ccc1F)Cc1cccs1. The van der Waals surface area contributed by atoms with Gasteiger partial charge in [0.1, 0.15) is 11.6 Å². The fourth-order valence-electron chi connectivity index (χ4n) is 1.89. The van der Waals surface area contributed by atoms with E-state index in [0.29, 0.717) is 13.1 Å². The molecule has 1 aromatic heterocycles. The van der Waals surface area contributed by atoms with Crippen molar-refractivity contribution in [1.29, 1.82) is 0 Å². The van der Waals surface area contributed by atoms with E-state index in [1.807, 2.05) is 29.3 Å². The second-order valence-electron chi connectivity index (χ2n) is 4.55. The second-order valence-corrected chi connectivity index (χ2v) is 5.59. The van der Waals surface area contributed by atoms with Crippen LogP contribution >= 0.6 is 11.3 Å². The van der Waals surface area contributed by atoms with E-state index in [1.54, 1.807) is 11.3 Å². The third-order valence-electron chi connectivity index (χ3n) is 2.98. The molecule has 0 atom stereocenters. The molecule has 0 aliphatic heterocycles. The summed E-state index contributed by atoms with van der Waals surface area (Å²) in [6.07, 6.45) is 0. The van der Waals surface area contributed by atoms with Gasteiger partial charge in [0.15, 0.2) is 0 Å². The van der Waals surface area contributed by atoms with Gasteiger partial charge >= 0.3 is 0 Å². The van der Waals surface area contributed by atoms with Gasteiger partial charge in [0.05, 0.1) is 12.2 Å². The quantitative estimate of drug-likeness (QED) is 0.886. The number of nitrogens with zero attached hydrogens (tertiary/aromatic N) is 1. The number of halogens is 2. The summed E-state index contributed by atoms with van der Waals surface area (Å²) in [6.45, 7) is 3.43. The molecule has 3 nitrogen and oxygen atoms in total. The van der Waals surface area contributed by atoms with Crippen LogP contribution in [0.3, 0.4) is 0 Å². The lowest BCUT2D eigenvalue weighted by Crippen LogP contribution is -2.32. The van der Waals surface area contributed by atoms with E-state index in [-0.39, 0.29) is 18.1 Å². The second kappa shape index (κ2) is 7.28. The van der Waals surface area contributed by atoms with Crippen LogP contribution in [0.2, 0.25) is 0 Å². The van der Waals surface area contributed by atoms with Gasteiger partial charge in [-0.05, 0) is 30.1 Å². The van der Waals surface area contributed by atoms with Crippen LogP contribution in [-0.2, 0) is 11.3 Å². The molecule has 0 unspecified atom stereocenters. The summed E-state index contributed by atoms with van der Waals surface area (Å²) in [6, 6.07) is 6.94. The Labute approximate surface area is 126 Å². The molecule has 21 heavy (non-hydrogen) atoms. The van der Waals surface area contributed by atoms with Crippen molar-refractivity contribution in [2.75, 3.05) is 18.4 Å². The van der Waals surface area contributed by atoms with Crippen LogP contribution in [0.15, 0.2) is 35.7 Å². The van der Waals surface area contributed by atoms with Crippen molar-refractivity contribution in [3.8, 4) is 0 Å². The zero-order chi connectivity index (χ0) is 15.2. The van der Waals surface area contributed by atoms with Crippen molar-refractivity contribution in [2.24, 2.45) is 0 Å². The Hall–Kier alpha value is -1.79. The van der Waals surface area contributed by atoms with E-state index in [9.17, 15) is 13.6 Å². The molecular weight excluding hydrogens is 294 g/mol. The number of rotatable bonds is 6. The highest BCUT2D eigenvalue weighted by Crippen LogP contribution is 2.16. The lowest BCUT2D eigenvalue weighted by Gasteiger charge is -2.19. The van der Waals surface area contributed by atoms with Gasteiger partial charge in [-0.1, -0.05) is 13.0 Å². The van der Waals surface area contributed by atoms with Crippen molar-refractivity contribution in [3.63, 3.8) is 0 Å². The fourth-order valence-corrected chi connectivity index (χ4v) is 2.63. The zero-order valence-corrected chi connectivity index (χ0v) is 12.4. The maximum atomic E-state index is 13.5. The van der Waals surface area contributed by atoms with Crippen LogP contribution < -0.4 is 5.32 Å². The van der Waals surface area contributed by atoms with Crippen molar-refractivity contribution >= 4 is 22.9 Å². The van der Waals surface area contributed by atoms with Gasteiger partial charge in [0, 0.05) is 17.5 Å². The Morgan fingerprint density at radius 3 is 2.81 bits per heavy atom. The monoisotopic (exact) mass is 310 g/mol. The van der Waals surface area contributed by atoms with Crippen molar-refractivity contribution in [2.45, 2.75) is 13.5 Å². The maximum Gasteiger partial charge on any atom is 0.238 e. The Kier molecular flexibility index (Phi) is 5.41. The highest BCUT2D eigenvalue weighted by Gasteiger charge is 2.12. The van der Waals surface area contributed by atoms with E-state index in [2.05, 4.69) is 5.32 Å². The summed E-state index contributed by atoms with van der Waals surface area (Å²) in [7, 11) is 0. The molecule has 1 N–H and O–H groups in total. The Morgan fingerprint density at radius 1 is 1.33 bits per heavy atom. The first-order valence-electron chi connectivity index (χ1n) is 6.58. The molecule has 0 spiro atoms. The largest absolute Gasteiger partial charge is 0.322 e. The van der Waals surface area contributed by atoms with Crippen molar-refractivity contribution in [1.82, 2.24) is 4.90 Å². The molecule has 0 fully saturated rings. The predicted molar refractivity (Wildman–Crippen MR) is 80.3 cm³/mol. The van der Waals surface area contributed by atoms with Crippen LogP contribution in [0.4, 0.5) is 14.5 Å². The summed E-state index contributed by atoms with van der Waals surface area (Å²) in [5.41, 5.74) is -0.132. The molecule has 0 aliphatic carbocycles. The first kappa shape index (κ1) is 15.6. The van der Waals surface area contributed by atoms with Crippen LogP contribution in [0, 0.1) is 11.6 Å². The molecular formula is C15H16F2N2OS. The van der Waals surface area contributed by atoms with Gasteiger partial charge in [0.2, 0.25) is 5.91 Å². The van der Waals surface area contributed by atoms with Crippen LogP contribution in [0.25, 0.3) is 0 Å². The third-order valence-corrected chi connectivity index (χ3v) is 3.84. The average molecular weight is 310 g/mol. The maximum absolute atomic E-state index is 13.5. The number of carbonyl (C=O) groups excluding carboxylic acids is 1. The van der Waals surface area contributed by atoms with E-state index >= 15 is 0 Å². The minimum absolute atomic E-state index is 0.129. The number of anilines is 1. The van der Waals surface area contributed by atoms with Crippen LogP contribution in [0.1, 0.15) is 11.8 Å². The molecule has 0 saturated carbocycles. The topological polar surface area (TPSA) is 32.3 Å². The first-order valence-corrected chi connectivity index (χ1v) is 7.46. The normalized spacial score (nSPS) is 10.9. The molecule has 2 aromatic rings. The van der Waals surface area contributed by atoms with Gasteiger partial charge in [0.25, 0.3) is 0 Å². The van der Waals surface area contributed by atoms with E-state index in [0.717, 1.165) is 23.1 Å². The van der Waals surface area contributed by atoms with Gasteiger partial charge in [-0.2, -0.15) is 0 Å². The Bertz CT molecular complexity index is 602. The van der Waals surface area contributed by atoms with E-state index in [1.165, 1.54) is 0 Å². The minimum atomic E-state index is -0.647. The molecule has 0 bridgehead atoms. The summed E-state index contributed by atoms with van der Waals surface area (Å²) in [4.78, 5) is 15.0. The van der Waals surface area contributed by atoms with Gasteiger partial charge in [-0.15, -0.1) is 11.3 Å². The number of hydrogen-bond acceptors (Lipinski definition) is 3. The summed E-state index contributed by atoms with van der Waals surface area (Å²) in [5.74, 6) is -1.60. The average Bonchev–Trinajstić information content (AvgIpc) is 2.95. The van der Waals surface area contributed by atoms with Crippen LogP contribution in [0.5, 0.6) is 0 Å². The molecule has 112 valence electrons. The predicted octanol–water partition coefficient (Wildman–Crippen LogP) is 3.49. The standard InChI is InChI=1S/C15H16F2N2OS/c1-2-19(9-12-4-3-7-21-12)10-15(20)18-14-8-11(16)5-6-13(14)17/h3-8H,2,9-10H2,1H3,(H,18,20). The summed E-state index contributed by atoms with van der Waals surface area (Å²) < 4.78 is 26.5. The van der Waals surface area contributed by atoms with Crippen molar-refractivity contribution in [3.05, 3.63) is 52.2 Å². The summed E-state index contributed by atoms with van der Waals surface area (Å²) >= 11 is 1.62. The number of carbonyl (C=O) groups is 1. The highest BCUT2D eigenvalue weighted by molar-refractivity contribution is 7.09. The van der Waals surface area contributed by atoms with Crippen molar-refractivity contribution < 1.29 is 13.6 Å². The molecule has 6 heteroatoms. The van der Waals surface area contributed by atoms with E-state index in [4.69, 9.17) is 0 Å².